The molecule has 3 aromatic rings. The maximum absolute atomic E-state index is 12.9. The van der Waals surface area contributed by atoms with Crippen LogP contribution in [0, 0.1) is 0 Å². The molecule has 0 aliphatic carbocycles. The van der Waals surface area contributed by atoms with Crippen molar-refractivity contribution >= 4 is 23.5 Å². The number of nitrogens with one attached hydrogen (secondary N) is 1. The zero-order valence-electron chi connectivity index (χ0n) is 22.3. The van der Waals surface area contributed by atoms with Crippen LogP contribution in [-0.2, 0) is 14.9 Å². The lowest BCUT2D eigenvalue weighted by Crippen LogP contribution is -2.41. The first kappa shape index (κ1) is 26.9. The minimum Gasteiger partial charge on any atom is -0.490 e. The van der Waals surface area contributed by atoms with Crippen molar-refractivity contribution in [2.75, 3.05) is 37.0 Å². The van der Waals surface area contributed by atoms with Gasteiger partial charge < -0.3 is 24.4 Å². The number of amides is 1. The van der Waals surface area contributed by atoms with Crippen LogP contribution in [0.2, 0.25) is 0 Å². The Labute approximate surface area is 223 Å². The van der Waals surface area contributed by atoms with Gasteiger partial charge in [-0.2, -0.15) is 0 Å². The zero-order chi connectivity index (χ0) is 27.1. The van der Waals surface area contributed by atoms with Gasteiger partial charge in [-0.15, -0.1) is 0 Å². The van der Waals surface area contributed by atoms with Crippen LogP contribution >= 0.6 is 0 Å². The molecule has 0 radical (unpaired) electrons. The van der Waals surface area contributed by atoms with E-state index in [-0.39, 0.29) is 18.0 Å². The molecule has 1 aliphatic rings. The summed E-state index contributed by atoms with van der Waals surface area (Å²) in [7, 11) is 1.36. The molecule has 0 unspecified atom stereocenters. The number of piperidine rings is 1. The first-order valence-electron chi connectivity index (χ1n) is 12.8. The van der Waals surface area contributed by atoms with Gasteiger partial charge in [0.2, 0.25) is 0 Å². The van der Waals surface area contributed by atoms with E-state index in [1.165, 1.54) is 13.3 Å². The summed E-state index contributed by atoms with van der Waals surface area (Å²) < 4.78 is 16.9. The van der Waals surface area contributed by atoms with E-state index in [0.717, 1.165) is 36.4 Å². The van der Waals surface area contributed by atoms with Gasteiger partial charge in [-0.1, -0.05) is 24.3 Å². The Morgan fingerprint density at radius 1 is 1.08 bits per heavy atom. The lowest BCUT2D eigenvalue weighted by Gasteiger charge is -2.33. The van der Waals surface area contributed by atoms with Crippen LogP contribution < -0.4 is 19.7 Å². The Kier molecular flexibility index (Phi) is 8.45. The number of para-hydroxylation sites is 2. The molecule has 1 saturated heterocycles. The predicted molar refractivity (Wildman–Crippen MR) is 145 cm³/mol. The van der Waals surface area contributed by atoms with Gasteiger partial charge in [0, 0.05) is 12.1 Å². The van der Waals surface area contributed by atoms with E-state index in [4.69, 9.17) is 14.2 Å². The summed E-state index contributed by atoms with van der Waals surface area (Å²) in [6.45, 7) is 7.54. The fourth-order valence-electron chi connectivity index (χ4n) is 4.41. The van der Waals surface area contributed by atoms with Crippen molar-refractivity contribution in [2.24, 2.45) is 0 Å². The molecule has 2 aromatic carbocycles. The third-order valence-electron chi connectivity index (χ3n) is 6.57. The highest BCUT2D eigenvalue weighted by atomic mass is 16.5. The van der Waals surface area contributed by atoms with Crippen molar-refractivity contribution in [3.63, 3.8) is 0 Å². The first-order chi connectivity index (χ1) is 18.3. The zero-order valence-corrected chi connectivity index (χ0v) is 22.3. The number of rotatable bonds is 9. The number of methoxy groups -OCH3 is 1. The van der Waals surface area contributed by atoms with Crippen LogP contribution in [0.5, 0.6) is 11.5 Å². The van der Waals surface area contributed by atoms with Crippen LogP contribution in [-0.4, -0.2) is 54.8 Å². The summed E-state index contributed by atoms with van der Waals surface area (Å²) in [6.07, 6.45) is 5.04. The molecular weight excluding hydrogens is 484 g/mol. The Hall–Kier alpha value is -4.14. The number of anilines is 2. The molecule has 2 heterocycles. The second-order valence-electron chi connectivity index (χ2n) is 9.62. The molecule has 38 heavy (non-hydrogen) atoms. The first-order valence-corrected chi connectivity index (χ1v) is 12.8. The van der Waals surface area contributed by atoms with Gasteiger partial charge in [0.05, 0.1) is 38.1 Å². The van der Waals surface area contributed by atoms with Crippen LogP contribution in [0.4, 0.5) is 11.6 Å². The molecule has 4 rings (SSSR count). The number of hydrogen-bond acceptors (Lipinski definition) is 8. The Balaban J connectivity index is 1.41. The van der Waals surface area contributed by atoms with Crippen molar-refractivity contribution in [2.45, 2.75) is 45.1 Å². The second-order valence-corrected chi connectivity index (χ2v) is 9.62. The Bertz CT molecular complexity index is 1260. The second kappa shape index (κ2) is 11.9. The minimum atomic E-state index is -0.815. The highest BCUT2D eigenvalue weighted by Crippen LogP contribution is 2.30. The summed E-state index contributed by atoms with van der Waals surface area (Å²) in [6, 6.07) is 14.6. The number of ether oxygens (including phenoxy) is 3. The van der Waals surface area contributed by atoms with Crippen molar-refractivity contribution < 1.29 is 23.8 Å². The molecule has 1 N–H and O–H groups in total. The van der Waals surface area contributed by atoms with E-state index in [1.54, 1.807) is 44.3 Å². The number of esters is 1. The molecule has 1 atom stereocenters. The summed E-state index contributed by atoms with van der Waals surface area (Å²) in [5.74, 6) is 1.84. The summed E-state index contributed by atoms with van der Waals surface area (Å²) in [4.78, 5) is 36.0. The van der Waals surface area contributed by atoms with Gasteiger partial charge in [0.25, 0.3) is 5.91 Å². The Morgan fingerprint density at radius 3 is 2.53 bits per heavy atom. The number of benzene rings is 2. The predicted octanol–water partition coefficient (Wildman–Crippen LogP) is 4.63. The van der Waals surface area contributed by atoms with Gasteiger partial charge in [0.1, 0.15) is 11.9 Å². The summed E-state index contributed by atoms with van der Waals surface area (Å²) >= 11 is 0. The fraction of sp³-hybridized carbons (Fsp3) is 0.379. The lowest BCUT2D eigenvalue weighted by atomic mass is 9.84. The van der Waals surface area contributed by atoms with Crippen LogP contribution in [0.3, 0.4) is 0 Å². The third-order valence-corrected chi connectivity index (χ3v) is 6.57. The van der Waals surface area contributed by atoms with Crippen molar-refractivity contribution in [1.29, 1.82) is 0 Å². The molecule has 0 bridgehead atoms. The number of aromatic nitrogens is 2. The van der Waals surface area contributed by atoms with Crippen LogP contribution in [0.1, 0.15) is 49.5 Å². The molecule has 0 saturated carbocycles. The number of hydrogen-bond donors (Lipinski definition) is 1. The molecule has 1 fully saturated rings. The number of nitrogens with zero attached hydrogens (tertiary/aromatic N) is 3. The molecule has 0 spiro atoms. The van der Waals surface area contributed by atoms with E-state index in [1.807, 2.05) is 31.2 Å². The molecule has 9 heteroatoms. The lowest BCUT2D eigenvalue weighted by molar-refractivity contribution is -0.146. The smallest absolute Gasteiger partial charge is 0.315 e. The highest BCUT2D eigenvalue weighted by molar-refractivity contribution is 6.03. The monoisotopic (exact) mass is 518 g/mol. The molecule has 9 nitrogen and oxygen atoms in total. The normalized spacial score (nSPS) is 15.5. The van der Waals surface area contributed by atoms with Gasteiger partial charge in [-0.25, -0.2) is 4.98 Å². The molecule has 1 aromatic heterocycles. The third kappa shape index (κ3) is 6.22. The largest absolute Gasteiger partial charge is 0.490 e. The molecular formula is C29H34N4O5. The fourth-order valence-corrected chi connectivity index (χ4v) is 4.41. The summed E-state index contributed by atoms with van der Waals surface area (Å²) in [5.41, 5.74) is 0.388. The molecule has 200 valence electrons. The van der Waals surface area contributed by atoms with E-state index in [0.29, 0.717) is 30.4 Å². The minimum absolute atomic E-state index is 0.0295. The maximum atomic E-state index is 12.9. The summed E-state index contributed by atoms with van der Waals surface area (Å²) in [5, 5.41) is 2.82. The van der Waals surface area contributed by atoms with Gasteiger partial charge in [0.15, 0.2) is 17.3 Å². The molecule has 1 aliphatic heterocycles. The average Bonchev–Trinajstić information content (AvgIpc) is 2.94. The van der Waals surface area contributed by atoms with E-state index < -0.39 is 5.41 Å². The van der Waals surface area contributed by atoms with E-state index >= 15 is 0 Å². The van der Waals surface area contributed by atoms with Crippen LogP contribution in [0.15, 0.2) is 60.9 Å². The van der Waals surface area contributed by atoms with Crippen molar-refractivity contribution in [3.05, 3.63) is 72.1 Å². The van der Waals surface area contributed by atoms with E-state index in [9.17, 15) is 9.59 Å². The van der Waals surface area contributed by atoms with Gasteiger partial charge >= 0.3 is 5.97 Å². The molecule has 1 amide bonds. The number of carbonyl (C=O) groups is 2. The topological polar surface area (TPSA) is 103 Å². The number of carbonyl (C=O) groups excluding carboxylic acids is 2. The van der Waals surface area contributed by atoms with Crippen LogP contribution in [0.25, 0.3) is 0 Å². The van der Waals surface area contributed by atoms with Crippen molar-refractivity contribution in [1.82, 2.24) is 9.97 Å². The highest BCUT2D eigenvalue weighted by Gasteiger charge is 2.31. The van der Waals surface area contributed by atoms with Crippen molar-refractivity contribution in [3.8, 4) is 11.5 Å². The quantitative estimate of drug-likeness (QED) is 0.409. The SMILES string of the molecule is CCOc1ccccc1O[C@@H]1CCCN(c2cncc(NC(=O)c3ccc(C(C)(C)C(=O)OC)cc3)n2)C1. The standard InChI is InChI=1S/C29H34N4O5/c1-5-37-23-10-6-7-11-24(23)38-22-9-8-16-33(19-22)26-18-30-17-25(31-26)32-27(34)20-12-14-21(15-13-20)29(2,3)28(35)36-4/h6-7,10-15,17-18,22H,5,8-9,16,19H2,1-4H3,(H,31,32,34)/t22-/m1/s1. The maximum Gasteiger partial charge on any atom is 0.315 e. The van der Waals surface area contributed by atoms with E-state index in [2.05, 4.69) is 20.2 Å². The Morgan fingerprint density at radius 2 is 1.82 bits per heavy atom. The van der Waals surface area contributed by atoms with Gasteiger partial charge in [-0.3, -0.25) is 14.6 Å². The van der Waals surface area contributed by atoms with Gasteiger partial charge in [-0.05, 0) is 63.4 Å². The average molecular weight is 519 g/mol.